The van der Waals surface area contributed by atoms with Crippen LogP contribution in [-0.2, 0) is 6.42 Å². The quantitative estimate of drug-likeness (QED) is 0.490. The van der Waals surface area contributed by atoms with Crippen LogP contribution in [0.2, 0.25) is 0 Å². The van der Waals surface area contributed by atoms with Crippen molar-refractivity contribution in [3.63, 3.8) is 0 Å². The van der Waals surface area contributed by atoms with Crippen LogP contribution in [0.1, 0.15) is 5.56 Å². The van der Waals surface area contributed by atoms with E-state index in [0.717, 1.165) is 17.5 Å². The van der Waals surface area contributed by atoms with Crippen molar-refractivity contribution in [1.29, 1.82) is 0 Å². The highest BCUT2D eigenvalue weighted by molar-refractivity contribution is 5.92. The molecule has 0 amide bonds. The van der Waals surface area contributed by atoms with E-state index in [9.17, 15) is 4.79 Å². The van der Waals surface area contributed by atoms with Gasteiger partial charge in [0.1, 0.15) is 0 Å². The van der Waals surface area contributed by atoms with Crippen molar-refractivity contribution < 1.29 is 9.47 Å². The molecule has 0 aliphatic heterocycles. The SMILES string of the molecule is COc1ccc(-c2ccnc3nc(NCCc4ccccc4)[nH]c(=O)c23)cc1OC. The van der Waals surface area contributed by atoms with Crippen LogP contribution < -0.4 is 20.3 Å². The summed E-state index contributed by atoms with van der Waals surface area (Å²) in [5.41, 5.74) is 2.89. The first-order valence-electron chi connectivity index (χ1n) is 9.59. The molecule has 0 radical (unpaired) electrons. The Labute approximate surface area is 173 Å². The van der Waals surface area contributed by atoms with Crippen LogP contribution in [-0.4, -0.2) is 35.7 Å². The van der Waals surface area contributed by atoms with E-state index in [4.69, 9.17) is 9.47 Å². The first-order valence-corrected chi connectivity index (χ1v) is 9.59. The number of anilines is 1. The average molecular weight is 402 g/mol. The summed E-state index contributed by atoms with van der Waals surface area (Å²) in [6.45, 7) is 0.647. The number of hydrogen-bond acceptors (Lipinski definition) is 6. The van der Waals surface area contributed by atoms with Gasteiger partial charge in [-0.2, -0.15) is 4.98 Å². The van der Waals surface area contributed by atoms with Gasteiger partial charge in [0.25, 0.3) is 5.56 Å². The van der Waals surface area contributed by atoms with Gasteiger partial charge in [0, 0.05) is 12.7 Å². The van der Waals surface area contributed by atoms with Gasteiger partial charge in [0.2, 0.25) is 5.95 Å². The van der Waals surface area contributed by atoms with Crippen LogP contribution >= 0.6 is 0 Å². The number of rotatable bonds is 7. The average Bonchev–Trinajstić information content (AvgIpc) is 2.79. The first-order chi connectivity index (χ1) is 14.7. The Balaban J connectivity index is 1.65. The van der Waals surface area contributed by atoms with Crippen molar-refractivity contribution in [3.8, 4) is 22.6 Å². The molecule has 7 nitrogen and oxygen atoms in total. The minimum Gasteiger partial charge on any atom is -0.493 e. The highest BCUT2D eigenvalue weighted by Crippen LogP contribution is 2.33. The van der Waals surface area contributed by atoms with Gasteiger partial charge in [-0.05, 0) is 41.3 Å². The monoisotopic (exact) mass is 402 g/mol. The van der Waals surface area contributed by atoms with Crippen molar-refractivity contribution >= 4 is 17.0 Å². The second-order valence-corrected chi connectivity index (χ2v) is 6.70. The minimum absolute atomic E-state index is 0.250. The Kier molecular flexibility index (Phi) is 5.61. The molecule has 0 aliphatic carbocycles. The smallest absolute Gasteiger partial charge is 0.262 e. The maximum absolute atomic E-state index is 12.9. The minimum atomic E-state index is -0.250. The molecule has 0 unspecified atom stereocenters. The predicted octanol–water partition coefficient (Wildman–Crippen LogP) is 3.66. The fourth-order valence-corrected chi connectivity index (χ4v) is 3.36. The summed E-state index contributed by atoms with van der Waals surface area (Å²) >= 11 is 0. The number of nitrogens with zero attached hydrogens (tertiary/aromatic N) is 2. The van der Waals surface area contributed by atoms with Gasteiger partial charge in [0.05, 0.1) is 19.6 Å². The number of hydrogen-bond donors (Lipinski definition) is 2. The van der Waals surface area contributed by atoms with Crippen LogP contribution in [0.25, 0.3) is 22.2 Å². The van der Waals surface area contributed by atoms with E-state index in [1.165, 1.54) is 5.56 Å². The molecule has 0 bridgehead atoms. The fraction of sp³-hybridized carbons (Fsp3) is 0.174. The van der Waals surface area contributed by atoms with E-state index >= 15 is 0 Å². The maximum Gasteiger partial charge on any atom is 0.262 e. The molecule has 2 aromatic carbocycles. The maximum atomic E-state index is 12.9. The van der Waals surface area contributed by atoms with Crippen LogP contribution in [0.4, 0.5) is 5.95 Å². The third-order valence-electron chi connectivity index (χ3n) is 4.85. The number of pyridine rings is 1. The molecule has 0 saturated carbocycles. The Morgan fingerprint density at radius 2 is 1.80 bits per heavy atom. The van der Waals surface area contributed by atoms with E-state index in [1.807, 2.05) is 36.4 Å². The molecule has 4 rings (SSSR count). The molecule has 0 atom stereocenters. The number of aromatic amines is 1. The van der Waals surface area contributed by atoms with Gasteiger partial charge in [0.15, 0.2) is 17.1 Å². The van der Waals surface area contributed by atoms with Gasteiger partial charge in [-0.15, -0.1) is 0 Å². The van der Waals surface area contributed by atoms with Crippen LogP contribution in [0.3, 0.4) is 0 Å². The number of aromatic nitrogens is 3. The zero-order chi connectivity index (χ0) is 20.9. The van der Waals surface area contributed by atoms with E-state index in [-0.39, 0.29) is 5.56 Å². The lowest BCUT2D eigenvalue weighted by atomic mass is 10.0. The second kappa shape index (κ2) is 8.65. The Hall–Kier alpha value is -3.87. The molecule has 4 aromatic rings. The Morgan fingerprint density at radius 1 is 1.00 bits per heavy atom. The zero-order valence-corrected chi connectivity index (χ0v) is 16.8. The summed E-state index contributed by atoms with van der Waals surface area (Å²) in [4.78, 5) is 24.5. The Bertz CT molecular complexity index is 1220. The molecule has 2 heterocycles. The lowest BCUT2D eigenvalue weighted by Crippen LogP contribution is -2.16. The van der Waals surface area contributed by atoms with Crippen molar-refractivity contribution in [3.05, 3.63) is 76.7 Å². The first kappa shape index (κ1) is 19.4. The number of benzene rings is 2. The lowest BCUT2D eigenvalue weighted by molar-refractivity contribution is 0.355. The van der Waals surface area contributed by atoms with Crippen molar-refractivity contribution in [1.82, 2.24) is 15.0 Å². The van der Waals surface area contributed by atoms with Crippen LogP contribution in [0.15, 0.2) is 65.6 Å². The number of methoxy groups -OCH3 is 2. The number of ether oxygens (including phenoxy) is 2. The summed E-state index contributed by atoms with van der Waals surface area (Å²) in [5, 5.41) is 3.60. The molecule has 0 spiro atoms. The topological polar surface area (TPSA) is 89.1 Å². The van der Waals surface area contributed by atoms with Gasteiger partial charge >= 0.3 is 0 Å². The number of nitrogens with one attached hydrogen (secondary N) is 2. The molecule has 152 valence electrons. The van der Waals surface area contributed by atoms with E-state index < -0.39 is 0 Å². The van der Waals surface area contributed by atoms with Crippen LogP contribution in [0, 0.1) is 0 Å². The van der Waals surface area contributed by atoms with Gasteiger partial charge in [-0.25, -0.2) is 4.98 Å². The van der Waals surface area contributed by atoms with E-state index in [2.05, 4.69) is 32.4 Å². The molecule has 30 heavy (non-hydrogen) atoms. The summed E-state index contributed by atoms with van der Waals surface area (Å²) in [7, 11) is 3.16. The number of H-pyrrole nitrogens is 1. The molecule has 2 N–H and O–H groups in total. The molecule has 7 heteroatoms. The van der Waals surface area contributed by atoms with Crippen molar-refractivity contribution in [2.45, 2.75) is 6.42 Å². The predicted molar refractivity (Wildman–Crippen MR) is 117 cm³/mol. The van der Waals surface area contributed by atoms with E-state index in [1.54, 1.807) is 26.5 Å². The molecular weight excluding hydrogens is 380 g/mol. The largest absolute Gasteiger partial charge is 0.493 e. The molecule has 0 aliphatic rings. The highest BCUT2D eigenvalue weighted by atomic mass is 16.5. The lowest BCUT2D eigenvalue weighted by Gasteiger charge is -2.11. The summed E-state index contributed by atoms with van der Waals surface area (Å²) in [6, 6.07) is 17.4. The Morgan fingerprint density at radius 3 is 2.57 bits per heavy atom. The van der Waals surface area contributed by atoms with Gasteiger partial charge in [-0.1, -0.05) is 36.4 Å². The van der Waals surface area contributed by atoms with Crippen LogP contribution in [0.5, 0.6) is 11.5 Å². The standard InChI is InChI=1S/C23H22N4O3/c1-29-18-9-8-16(14-19(18)30-2)17-11-13-24-21-20(17)22(28)27-23(26-21)25-12-10-15-6-4-3-5-7-15/h3-9,11,13-14H,10,12H2,1-2H3,(H2,24,25,26,27,28). The highest BCUT2D eigenvalue weighted by Gasteiger charge is 2.13. The summed E-state index contributed by atoms with van der Waals surface area (Å²) in [6.07, 6.45) is 2.47. The van der Waals surface area contributed by atoms with E-state index in [0.29, 0.717) is 35.0 Å². The molecule has 2 aromatic heterocycles. The zero-order valence-electron chi connectivity index (χ0n) is 16.8. The van der Waals surface area contributed by atoms with Crippen molar-refractivity contribution in [2.24, 2.45) is 0 Å². The summed E-state index contributed by atoms with van der Waals surface area (Å²) < 4.78 is 10.7. The molecule has 0 fully saturated rings. The third-order valence-corrected chi connectivity index (χ3v) is 4.85. The third kappa shape index (κ3) is 3.96. The molecular formula is C23H22N4O3. The normalized spacial score (nSPS) is 10.7. The number of fused-ring (bicyclic) bond motifs is 1. The van der Waals surface area contributed by atoms with Gasteiger partial charge < -0.3 is 14.8 Å². The molecule has 0 saturated heterocycles. The fourth-order valence-electron chi connectivity index (χ4n) is 3.36. The summed E-state index contributed by atoms with van der Waals surface area (Å²) in [5.74, 6) is 1.61. The second-order valence-electron chi connectivity index (χ2n) is 6.70. The van der Waals surface area contributed by atoms with Gasteiger partial charge in [-0.3, -0.25) is 9.78 Å². The van der Waals surface area contributed by atoms with Crippen molar-refractivity contribution in [2.75, 3.05) is 26.1 Å².